The lowest BCUT2D eigenvalue weighted by Crippen LogP contribution is -2.04. The van der Waals surface area contributed by atoms with Crippen molar-refractivity contribution in [3.8, 4) is 11.5 Å². The van der Waals surface area contributed by atoms with Crippen LogP contribution in [0.5, 0.6) is 11.5 Å². The first-order valence-corrected chi connectivity index (χ1v) is 4.02. The lowest BCUT2D eigenvalue weighted by Gasteiger charge is -2.07. The summed E-state index contributed by atoms with van der Waals surface area (Å²) in [6.07, 6.45) is 0.459. The van der Waals surface area contributed by atoms with Crippen molar-refractivity contribution < 1.29 is 19.4 Å². The van der Waals surface area contributed by atoms with Gasteiger partial charge in [-0.05, 0) is 18.6 Å². The second-order valence-electron chi connectivity index (χ2n) is 2.85. The van der Waals surface area contributed by atoms with E-state index >= 15 is 0 Å². The summed E-state index contributed by atoms with van der Waals surface area (Å²) >= 11 is 0. The van der Waals surface area contributed by atoms with Crippen LogP contribution in [0.15, 0.2) is 12.1 Å². The van der Waals surface area contributed by atoms with Gasteiger partial charge in [0.15, 0.2) is 6.29 Å². The molecule has 0 amide bonds. The third kappa shape index (κ3) is 1.90. The molecule has 0 heterocycles. The molecule has 0 aliphatic carbocycles. The maximum absolute atomic E-state index is 10.7. The van der Waals surface area contributed by atoms with Crippen molar-refractivity contribution >= 4 is 12.3 Å². The Balaban J connectivity index is 3.23. The molecule has 0 radical (unpaired) electrons. The third-order valence-electron chi connectivity index (χ3n) is 1.75. The molecular formula is C10H10O4. The number of ether oxygens (including phenoxy) is 1. The van der Waals surface area contributed by atoms with E-state index in [4.69, 9.17) is 4.74 Å². The van der Waals surface area contributed by atoms with Gasteiger partial charge in [0, 0.05) is 6.92 Å². The summed E-state index contributed by atoms with van der Waals surface area (Å²) in [5, 5.41) is 9.47. The van der Waals surface area contributed by atoms with Gasteiger partial charge in [0.25, 0.3) is 0 Å². The predicted molar refractivity (Wildman–Crippen MR) is 49.5 cm³/mol. The van der Waals surface area contributed by atoms with Crippen LogP contribution in [0.25, 0.3) is 0 Å². The summed E-state index contributed by atoms with van der Waals surface area (Å²) < 4.78 is 4.74. The zero-order valence-electron chi connectivity index (χ0n) is 7.90. The van der Waals surface area contributed by atoms with Crippen LogP contribution in [0.4, 0.5) is 0 Å². The summed E-state index contributed by atoms with van der Waals surface area (Å²) in [5.74, 6) is -0.606. The molecule has 0 saturated carbocycles. The highest BCUT2D eigenvalue weighted by Crippen LogP contribution is 2.29. The Morgan fingerprint density at radius 1 is 1.50 bits per heavy atom. The largest absolute Gasteiger partial charge is 0.507 e. The topological polar surface area (TPSA) is 63.6 Å². The zero-order chi connectivity index (χ0) is 10.7. The summed E-state index contributed by atoms with van der Waals surface area (Å²) in [4.78, 5) is 21.3. The fourth-order valence-corrected chi connectivity index (χ4v) is 1.06. The van der Waals surface area contributed by atoms with Gasteiger partial charge in [0.1, 0.15) is 11.5 Å². The predicted octanol–water partition coefficient (Wildman–Crippen LogP) is 1.44. The molecule has 0 atom stereocenters. The van der Waals surface area contributed by atoms with Crippen LogP contribution in [-0.2, 0) is 4.79 Å². The number of aryl methyl sites for hydroxylation is 1. The Morgan fingerprint density at radius 2 is 2.14 bits per heavy atom. The molecule has 0 aliphatic rings. The van der Waals surface area contributed by atoms with Gasteiger partial charge in [-0.25, -0.2) is 0 Å². The maximum Gasteiger partial charge on any atom is 0.308 e. The Bertz CT molecular complexity index is 382. The summed E-state index contributed by atoms with van der Waals surface area (Å²) in [7, 11) is 0. The Kier molecular flexibility index (Phi) is 2.86. The van der Waals surface area contributed by atoms with E-state index in [-0.39, 0.29) is 17.1 Å². The first kappa shape index (κ1) is 10.2. The van der Waals surface area contributed by atoms with E-state index in [1.807, 2.05) is 0 Å². The fraction of sp³-hybridized carbons (Fsp3) is 0.200. The standard InChI is InChI=1S/C10H10O4/c1-6-3-4-9(14-7(2)12)8(5-11)10(6)13/h3-5,13H,1-2H3. The average molecular weight is 194 g/mol. The van der Waals surface area contributed by atoms with Gasteiger partial charge in [0.05, 0.1) is 5.56 Å². The molecule has 4 nitrogen and oxygen atoms in total. The minimum atomic E-state index is -0.531. The first-order chi connectivity index (χ1) is 6.56. The Morgan fingerprint density at radius 3 is 2.64 bits per heavy atom. The number of carbonyl (C=O) groups is 2. The van der Waals surface area contributed by atoms with E-state index in [0.717, 1.165) is 0 Å². The number of aldehydes is 1. The van der Waals surface area contributed by atoms with Crippen molar-refractivity contribution in [2.75, 3.05) is 0 Å². The minimum Gasteiger partial charge on any atom is -0.507 e. The molecule has 0 fully saturated rings. The first-order valence-electron chi connectivity index (χ1n) is 4.02. The second-order valence-corrected chi connectivity index (χ2v) is 2.85. The fourth-order valence-electron chi connectivity index (χ4n) is 1.06. The van der Waals surface area contributed by atoms with Gasteiger partial charge in [-0.3, -0.25) is 9.59 Å². The SMILES string of the molecule is CC(=O)Oc1ccc(C)c(O)c1C=O. The molecule has 1 aromatic rings. The number of benzene rings is 1. The van der Waals surface area contributed by atoms with Crippen molar-refractivity contribution in [2.45, 2.75) is 13.8 Å². The van der Waals surface area contributed by atoms with Crippen LogP contribution in [-0.4, -0.2) is 17.4 Å². The van der Waals surface area contributed by atoms with Gasteiger partial charge in [-0.15, -0.1) is 0 Å². The van der Waals surface area contributed by atoms with E-state index in [9.17, 15) is 14.7 Å². The normalized spacial score (nSPS) is 9.57. The number of phenolic OH excluding ortho intramolecular Hbond substituents is 1. The summed E-state index contributed by atoms with van der Waals surface area (Å²) in [5.41, 5.74) is 0.559. The van der Waals surface area contributed by atoms with E-state index < -0.39 is 5.97 Å². The average Bonchev–Trinajstić information content (AvgIpc) is 2.11. The highest BCUT2D eigenvalue weighted by Gasteiger charge is 2.11. The van der Waals surface area contributed by atoms with Crippen LogP contribution >= 0.6 is 0 Å². The van der Waals surface area contributed by atoms with Crippen molar-refractivity contribution in [1.82, 2.24) is 0 Å². The molecule has 0 unspecified atom stereocenters. The zero-order valence-corrected chi connectivity index (χ0v) is 7.90. The van der Waals surface area contributed by atoms with Crippen molar-refractivity contribution in [1.29, 1.82) is 0 Å². The molecule has 4 heteroatoms. The quantitative estimate of drug-likeness (QED) is 0.439. The van der Waals surface area contributed by atoms with Crippen LogP contribution in [0, 0.1) is 6.92 Å². The highest BCUT2D eigenvalue weighted by molar-refractivity contribution is 5.86. The highest BCUT2D eigenvalue weighted by atomic mass is 16.5. The van der Waals surface area contributed by atoms with Crippen LogP contribution in [0.3, 0.4) is 0 Å². The number of carbonyl (C=O) groups excluding carboxylic acids is 2. The van der Waals surface area contributed by atoms with Crippen LogP contribution in [0.2, 0.25) is 0 Å². The number of esters is 1. The molecule has 74 valence electrons. The molecule has 1 rings (SSSR count). The monoisotopic (exact) mass is 194 g/mol. The summed E-state index contributed by atoms with van der Waals surface area (Å²) in [6.45, 7) is 2.88. The number of rotatable bonds is 2. The molecule has 0 saturated heterocycles. The molecule has 1 N–H and O–H groups in total. The van der Waals surface area contributed by atoms with E-state index in [1.165, 1.54) is 13.0 Å². The van der Waals surface area contributed by atoms with Gasteiger partial charge in [0.2, 0.25) is 0 Å². The maximum atomic E-state index is 10.7. The third-order valence-corrected chi connectivity index (χ3v) is 1.75. The van der Waals surface area contributed by atoms with Gasteiger partial charge in [-0.1, -0.05) is 6.07 Å². The second kappa shape index (κ2) is 3.91. The van der Waals surface area contributed by atoms with Gasteiger partial charge < -0.3 is 9.84 Å². The number of hydrogen-bond donors (Lipinski definition) is 1. The van der Waals surface area contributed by atoms with Crippen LogP contribution in [0.1, 0.15) is 22.8 Å². The van der Waals surface area contributed by atoms with E-state index in [1.54, 1.807) is 13.0 Å². The Labute approximate surface area is 81.1 Å². The number of aromatic hydroxyl groups is 1. The van der Waals surface area contributed by atoms with Crippen molar-refractivity contribution in [3.63, 3.8) is 0 Å². The van der Waals surface area contributed by atoms with E-state index in [0.29, 0.717) is 11.8 Å². The number of hydrogen-bond acceptors (Lipinski definition) is 4. The van der Waals surface area contributed by atoms with Crippen LogP contribution < -0.4 is 4.74 Å². The Hall–Kier alpha value is -1.84. The molecule has 1 aromatic carbocycles. The molecular weight excluding hydrogens is 184 g/mol. The molecule has 0 spiro atoms. The molecule has 14 heavy (non-hydrogen) atoms. The van der Waals surface area contributed by atoms with Gasteiger partial charge >= 0.3 is 5.97 Å². The van der Waals surface area contributed by atoms with Crippen molar-refractivity contribution in [3.05, 3.63) is 23.3 Å². The molecule has 0 aromatic heterocycles. The van der Waals surface area contributed by atoms with E-state index in [2.05, 4.69) is 0 Å². The lowest BCUT2D eigenvalue weighted by molar-refractivity contribution is -0.131. The lowest BCUT2D eigenvalue weighted by atomic mass is 10.1. The molecule has 0 bridgehead atoms. The number of phenols is 1. The minimum absolute atomic E-state index is 0.000185. The smallest absolute Gasteiger partial charge is 0.308 e. The summed E-state index contributed by atoms with van der Waals surface area (Å²) in [6, 6.07) is 3.04. The van der Waals surface area contributed by atoms with Gasteiger partial charge in [-0.2, -0.15) is 0 Å². The molecule has 0 aliphatic heterocycles. The van der Waals surface area contributed by atoms with Crippen molar-refractivity contribution in [2.24, 2.45) is 0 Å².